The molecule has 0 spiro atoms. The molecule has 0 saturated heterocycles. The lowest BCUT2D eigenvalue weighted by atomic mass is 10.2. The van der Waals surface area contributed by atoms with Crippen molar-refractivity contribution in [3.05, 3.63) is 26.9 Å². The predicted molar refractivity (Wildman–Crippen MR) is 52.1 cm³/mol. The van der Waals surface area contributed by atoms with Crippen LogP contribution in [0.15, 0.2) is 10.7 Å². The summed E-state index contributed by atoms with van der Waals surface area (Å²) in [6.45, 7) is 0. The van der Waals surface area contributed by atoms with Crippen LogP contribution < -0.4 is 0 Å². The van der Waals surface area contributed by atoms with E-state index in [9.17, 15) is 13.6 Å². The van der Waals surface area contributed by atoms with Crippen molar-refractivity contribution >= 4 is 44.4 Å². The highest BCUT2D eigenvalue weighted by Crippen LogP contribution is 2.35. The molecule has 0 unspecified atom stereocenters. The summed E-state index contributed by atoms with van der Waals surface area (Å²) in [7, 11) is 0. The number of hydrogen-bond acceptors (Lipinski definition) is 2. The van der Waals surface area contributed by atoms with E-state index in [0.717, 1.165) is 6.20 Å². The molecule has 1 heterocycles. The molecule has 0 atom stereocenters. The van der Waals surface area contributed by atoms with Crippen LogP contribution in [-0.4, -0.2) is 10.2 Å². The highest BCUT2D eigenvalue weighted by Gasteiger charge is 2.22. The van der Waals surface area contributed by atoms with Gasteiger partial charge in [0.15, 0.2) is 0 Å². The topological polar surface area (TPSA) is 30.0 Å². The zero-order valence-electron chi connectivity index (χ0n) is 6.40. The molecule has 7 heteroatoms. The third kappa shape index (κ3) is 2.21. The number of halogens is 5. The maximum atomic E-state index is 12.4. The first-order valence-corrected chi connectivity index (χ1v) is 4.82. The highest BCUT2D eigenvalue weighted by atomic mass is 79.9. The van der Waals surface area contributed by atoms with Crippen molar-refractivity contribution in [2.75, 3.05) is 0 Å². The molecule has 0 radical (unpaired) electrons. The van der Waals surface area contributed by atoms with Gasteiger partial charge in [-0.3, -0.25) is 4.79 Å². The Bertz CT molecular complexity index is 386. The van der Waals surface area contributed by atoms with Crippen LogP contribution in [0.5, 0.6) is 0 Å². The van der Waals surface area contributed by atoms with Crippen LogP contribution in [0.1, 0.15) is 22.5 Å². The fourth-order valence-corrected chi connectivity index (χ4v) is 1.92. The first-order valence-electron chi connectivity index (χ1n) is 3.27. The SMILES string of the molecule is O=C(Cl)c1ncc(Br)c(C(F)F)c1Cl. The predicted octanol–water partition coefficient (Wildman–Crippen LogP) is 3.81. The van der Waals surface area contributed by atoms with Crippen molar-refractivity contribution in [1.29, 1.82) is 0 Å². The monoisotopic (exact) mass is 303 g/mol. The van der Waals surface area contributed by atoms with E-state index in [-0.39, 0.29) is 10.2 Å². The van der Waals surface area contributed by atoms with Gasteiger partial charge in [0.25, 0.3) is 11.7 Å². The van der Waals surface area contributed by atoms with Crippen LogP contribution in [0.3, 0.4) is 0 Å². The summed E-state index contributed by atoms with van der Waals surface area (Å²) in [6.07, 6.45) is -1.74. The summed E-state index contributed by atoms with van der Waals surface area (Å²) in [5, 5.41) is -1.39. The van der Waals surface area contributed by atoms with Crippen LogP contribution in [0.4, 0.5) is 8.78 Å². The third-order valence-corrected chi connectivity index (χ3v) is 2.61. The normalized spacial score (nSPS) is 10.7. The van der Waals surface area contributed by atoms with Gasteiger partial charge in [-0.15, -0.1) is 0 Å². The van der Waals surface area contributed by atoms with E-state index in [0.29, 0.717) is 0 Å². The van der Waals surface area contributed by atoms with Crippen LogP contribution in [0, 0.1) is 0 Å². The Labute approximate surface area is 96.3 Å². The number of rotatable bonds is 2. The van der Waals surface area contributed by atoms with Crippen molar-refractivity contribution in [1.82, 2.24) is 4.98 Å². The number of pyridine rings is 1. The minimum absolute atomic E-state index is 0.0409. The molecule has 1 aromatic rings. The molecule has 0 aliphatic carbocycles. The molecule has 0 saturated carbocycles. The molecule has 0 bridgehead atoms. The molecule has 0 aliphatic heterocycles. The Morgan fingerprint density at radius 2 is 2.14 bits per heavy atom. The molecular weight excluding hydrogens is 303 g/mol. The summed E-state index contributed by atoms with van der Waals surface area (Å²) >= 11 is 13.5. The largest absolute Gasteiger partial charge is 0.274 e. The lowest BCUT2D eigenvalue weighted by Gasteiger charge is -2.07. The van der Waals surface area contributed by atoms with Crippen molar-refractivity contribution in [2.45, 2.75) is 6.43 Å². The minimum Gasteiger partial charge on any atom is -0.274 e. The molecule has 0 amide bonds. The standard InChI is InChI=1S/C7H2BrCl2F2NO/c8-2-1-13-5(6(10)14)4(9)3(2)7(11)12/h1,7H. The zero-order chi connectivity index (χ0) is 10.9. The van der Waals surface area contributed by atoms with Crippen LogP contribution >= 0.6 is 39.1 Å². The zero-order valence-corrected chi connectivity index (χ0v) is 9.50. The summed E-state index contributed by atoms with van der Waals surface area (Å²) in [6, 6.07) is 0. The van der Waals surface area contributed by atoms with Gasteiger partial charge in [0.2, 0.25) is 0 Å². The second-order valence-corrected chi connectivity index (χ2v) is 3.83. The smallest absolute Gasteiger partial charge is 0.272 e. The van der Waals surface area contributed by atoms with Crippen molar-refractivity contribution < 1.29 is 13.6 Å². The van der Waals surface area contributed by atoms with E-state index >= 15 is 0 Å². The van der Waals surface area contributed by atoms with E-state index in [4.69, 9.17) is 23.2 Å². The van der Waals surface area contributed by atoms with Gasteiger partial charge in [-0.25, -0.2) is 13.8 Å². The van der Waals surface area contributed by atoms with Crippen LogP contribution in [0.25, 0.3) is 0 Å². The Morgan fingerprint density at radius 3 is 2.57 bits per heavy atom. The van der Waals surface area contributed by atoms with Crippen molar-refractivity contribution in [2.24, 2.45) is 0 Å². The van der Waals surface area contributed by atoms with Crippen LogP contribution in [-0.2, 0) is 0 Å². The quantitative estimate of drug-likeness (QED) is 0.778. The number of hydrogen-bond donors (Lipinski definition) is 0. The average molecular weight is 305 g/mol. The summed E-state index contributed by atoms with van der Waals surface area (Å²) in [4.78, 5) is 14.2. The molecule has 14 heavy (non-hydrogen) atoms. The Balaban J connectivity index is 3.41. The van der Waals surface area contributed by atoms with Gasteiger partial charge in [-0.05, 0) is 27.5 Å². The Kier molecular flexibility index (Phi) is 3.80. The first-order chi connectivity index (χ1) is 6.45. The minimum atomic E-state index is -2.80. The van der Waals surface area contributed by atoms with E-state index in [1.54, 1.807) is 0 Å². The summed E-state index contributed by atoms with van der Waals surface area (Å²) in [5.41, 5.74) is -0.850. The molecule has 76 valence electrons. The number of alkyl halides is 2. The van der Waals surface area contributed by atoms with Gasteiger partial charge in [-0.2, -0.15) is 0 Å². The van der Waals surface area contributed by atoms with Gasteiger partial charge >= 0.3 is 0 Å². The molecular formula is C7H2BrCl2F2NO. The maximum absolute atomic E-state index is 12.4. The van der Waals surface area contributed by atoms with Crippen molar-refractivity contribution in [3.63, 3.8) is 0 Å². The fourth-order valence-electron chi connectivity index (χ4n) is 0.817. The van der Waals surface area contributed by atoms with Gasteiger partial charge in [-0.1, -0.05) is 11.6 Å². The van der Waals surface area contributed by atoms with Gasteiger partial charge in [0, 0.05) is 10.7 Å². The lowest BCUT2D eigenvalue weighted by Crippen LogP contribution is -2.00. The van der Waals surface area contributed by atoms with E-state index in [1.165, 1.54) is 0 Å². The number of carbonyl (C=O) groups excluding carboxylic acids is 1. The highest BCUT2D eigenvalue weighted by molar-refractivity contribution is 9.10. The summed E-state index contributed by atoms with van der Waals surface area (Å²) in [5.74, 6) is 0. The second-order valence-electron chi connectivity index (χ2n) is 2.26. The molecule has 0 N–H and O–H groups in total. The van der Waals surface area contributed by atoms with E-state index in [1.807, 2.05) is 0 Å². The molecule has 0 aromatic carbocycles. The molecule has 0 fully saturated rings. The van der Waals surface area contributed by atoms with Crippen LogP contribution in [0.2, 0.25) is 5.02 Å². The Morgan fingerprint density at radius 1 is 1.57 bits per heavy atom. The van der Waals surface area contributed by atoms with Gasteiger partial charge in [0.05, 0.1) is 10.6 Å². The number of aromatic nitrogens is 1. The second kappa shape index (κ2) is 4.51. The van der Waals surface area contributed by atoms with E-state index < -0.39 is 22.3 Å². The lowest BCUT2D eigenvalue weighted by molar-refractivity contribution is 0.107. The summed E-state index contributed by atoms with van der Waals surface area (Å²) < 4.78 is 24.9. The molecule has 0 aliphatic rings. The van der Waals surface area contributed by atoms with E-state index in [2.05, 4.69) is 20.9 Å². The third-order valence-electron chi connectivity index (χ3n) is 1.41. The number of nitrogens with zero attached hydrogens (tertiary/aromatic N) is 1. The molecule has 2 nitrogen and oxygen atoms in total. The fraction of sp³-hybridized carbons (Fsp3) is 0.143. The molecule has 1 aromatic heterocycles. The van der Waals surface area contributed by atoms with Gasteiger partial charge < -0.3 is 0 Å². The molecule has 1 rings (SSSR count). The maximum Gasteiger partial charge on any atom is 0.272 e. The number of carbonyl (C=O) groups is 1. The average Bonchev–Trinajstić information content (AvgIpc) is 2.02. The Hall–Kier alpha value is -0.260. The first kappa shape index (κ1) is 11.8. The van der Waals surface area contributed by atoms with Gasteiger partial charge in [0.1, 0.15) is 5.69 Å². The van der Waals surface area contributed by atoms with Crippen molar-refractivity contribution in [3.8, 4) is 0 Å².